The van der Waals surface area contributed by atoms with E-state index in [0.717, 1.165) is 57.8 Å². The quantitative estimate of drug-likeness (QED) is 0.0264. The molecule has 0 radical (unpaired) electrons. The van der Waals surface area contributed by atoms with E-state index in [-0.39, 0.29) is 38.6 Å². The standard InChI is InChI=1S/C65H122NO8P/c1-3-5-7-9-11-13-15-17-19-21-22-23-24-25-26-27-28-29-30-31-32-33-34-35-36-37-38-39-40-42-44-46-48-50-52-54-56-58-65(68)74-63(62-73-75(69,70)72-60-59-66)61-71-64(67)57-55-53-51-49-47-45-43-41-20-18-16-14-12-10-8-6-4-2/h5,7,11,13,17,19,22-23,63H,3-4,6,8-10,12,14-16,18,20-21,24-62,66H2,1-2H3,(H,69,70)/b7-5-,13-11-,19-17-,23-22-. The zero-order valence-electron chi connectivity index (χ0n) is 49.3. The third-order valence-corrected chi connectivity index (χ3v) is 15.2. The van der Waals surface area contributed by atoms with Crippen LogP contribution in [0.1, 0.15) is 322 Å². The summed E-state index contributed by atoms with van der Waals surface area (Å²) in [6.45, 7) is 3.69. The molecule has 0 aliphatic rings. The van der Waals surface area contributed by atoms with Crippen LogP contribution < -0.4 is 5.73 Å². The molecular formula is C65H122NO8P. The topological polar surface area (TPSA) is 134 Å². The van der Waals surface area contributed by atoms with Crippen LogP contribution >= 0.6 is 7.82 Å². The molecule has 0 aromatic heterocycles. The summed E-state index contributed by atoms with van der Waals surface area (Å²) in [5, 5.41) is 0. The normalized spacial score (nSPS) is 13.3. The van der Waals surface area contributed by atoms with E-state index >= 15 is 0 Å². The molecule has 0 fully saturated rings. The van der Waals surface area contributed by atoms with Crippen molar-refractivity contribution in [3.8, 4) is 0 Å². The number of hydrogen-bond donors (Lipinski definition) is 2. The Labute approximate surface area is 464 Å². The van der Waals surface area contributed by atoms with Gasteiger partial charge in [0.2, 0.25) is 0 Å². The number of carbonyl (C=O) groups excluding carboxylic acids is 2. The van der Waals surface area contributed by atoms with Gasteiger partial charge in [0.1, 0.15) is 6.61 Å². The Hall–Kier alpha value is -2.03. The molecule has 0 heterocycles. The fraction of sp³-hybridized carbons (Fsp3) is 0.846. The lowest BCUT2D eigenvalue weighted by atomic mass is 10.0. The van der Waals surface area contributed by atoms with Crippen molar-refractivity contribution >= 4 is 19.8 Å². The first-order valence-electron chi connectivity index (χ1n) is 32.1. The molecule has 0 aliphatic heterocycles. The van der Waals surface area contributed by atoms with Crippen molar-refractivity contribution in [3.63, 3.8) is 0 Å². The van der Waals surface area contributed by atoms with Gasteiger partial charge in [-0.25, -0.2) is 4.57 Å². The zero-order chi connectivity index (χ0) is 54.5. The van der Waals surface area contributed by atoms with Gasteiger partial charge in [-0.2, -0.15) is 0 Å². The maximum absolute atomic E-state index is 12.7. The summed E-state index contributed by atoms with van der Waals surface area (Å²) < 4.78 is 33.1. The van der Waals surface area contributed by atoms with Crippen molar-refractivity contribution in [2.24, 2.45) is 5.73 Å². The Morgan fingerprint density at radius 2 is 0.733 bits per heavy atom. The Morgan fingerprint density at radius 1 is 0.413 bits per heavy atom. The van der Waals surface area contributed by atoms with E-state index in [4.69, 9.17) is 24.3 Å². The predicted octanol–water partition coefficient (Wildman–Crippen LogP) is 20.5. The molecular weight excluding hydrogens is 954 g/mol. The van der Waals surface area contributed by atoms with Gasteiger partial charge in [-0.15, -0.1) is 0 Å². The van der Waals surface area contributed by atoms with E-state index in [1.54, 1.807) is 0 Å². The number of phosphoric acid groups is 1. The van der Waals surface area contributed by atoms with Gasteiger partial charge >= 0.3 is 19.8 Å². The first-order valence-corrected chi connectivity index (χ1v) is 33.6. The van der Waals surface area contributed by atoms with Crippen LogP contribution in [0.4, 0.5) is 0 Å². The zero-order valence-corrected chi connectivity index (χ0v) is 50.2. The van der Waals surface area contributed by atoms with E-state index in [9.17, 15) is 19.0 Å². The van der Waals surface area contributed by atoms with Crippen LogP contribution in [-0.2, 0) is 32.7 Å². The number of carbonyl (C=O) groups is 2. The maximum Gasteiger partial charge on any atom is 0.472 e. The van der Waals surface area contributed by atoms with Crippen molar-refractivity contribution < 1.29 is 37.6 Å². The van der Waals surface area contributed by atoms with E-state index < -0.39 is 26.5 Å². The number of rotatable bonds is 61. The Kier molecular flexibility index (Phi) is 59.5. The first-order chi connectivity index (χ1) is 36.8. The van der Waals surface area contributed by atoms with Crippen LogP contribution in [-0.4, -0.2) is 49.3 Å². The van der Waals surface area contributed by atoms with E-state index in [1.165, 1.54) is 231 Å². The number of nitrogens with two attached hydrogens (primary N) is 1. The molecule has 75 heavy (non-hydrogen) atoms. The van der Waals surface area contributed by atoms with Crippen LogP contribution in [0.3, 0.4) is 0 Å². The minimum atomic E-state index is -4.38. The highest BCUT2D eigenvalue weighted by atomic mass is 31.2. The van der Waals surface area contributed by atoms with Crippen molar-refractivity contribution in [2.75, 3.05) is 26.4 Å². The van der Waals surface area contributed by atoms with Crippen LogP contribution in [0.15, 0.2) is 48.6 Å². The second-order valence-electron chi connectivity index (χ2n) is 21.6. The van der Waals surface area contributed by atoms with Crippen molar-refractivity contribution in [2.45, 2.75) is 328 Å². The van der Waals surface area contributed by atoms with Crippen molar-refractivity contribution in [3.05, 3.63) is 48.6 Å². The lowest BCUT2D eigenvalue weighted by molar-refractivity contribution is -0.161. The van der Waals surface area contributed by atoms with Gasteiger partial charge in [-0.1, -0.05) is 306 Å². The average molecular weight is 1080 g/mol. The number of allylic oxidation sites excluding steroid dienone is 8. The minimum Gasteiger partial charge on any atom is -0.462 e. The molecule has 0 saturated carbocycles. The van der Waals surface area contributed by atoms with Crippen LogP contribution in [0.5, 0.6) is 0 Å². The highest BCUT2D eigenvalue weighted by Crippen LogP contribution is 2.43. The third kappa shape index (κ3) is 61.1. The molecule has 9 nitrogen and oxygen atoms in total. The van der Waals surface area contributed by atoms with Crippen LogP contribution in [0.25, 0.3) is 0 Å². The Balaban J connectivity index is 3.78. The highest BCUT2D eigenvalue weighted by Gasteiger charge is 2.26. The molecule has 440 valence electrons. The third-order valence-electron chi connectivity index (χ3n) is 14.2. The summed E-state index contributed by atoms with van der Waals surface area (Å²) in [5.74, 6) is -0.807. The van der Waals surface area contributed by atoms with E-state index in [0.29, 0.717) is 6.42 Å². The van der Waals surface area contributed by atoms with E-state index in [2.05, 4.69) is 62.5 Å². The molecule has 3 N–H and O–H groups in total. The molecule has 0 aromatic carbocycles. The summed E-state index contributed by atoms with van der Waals surface area (Å²) in [5.41, 5.74) is 5.39. The van der Waals surface area contributed by atoms with Gasteiger partial charge in [0, 0.05) is 19.4 Å². The number of esters is 2. The molecule has 10 heteroatoms. The molecule has 0 aliphatic carbocycles. The van der Waals surface area contributed by atoms with Gasteiger partial charge in [0.05, 0.1) is 13.2 Å². The fourth-order valence-electron chi connectivity index (χ4n) is 9.51. The predicted molar refractivity (Wildman–Crippen MR) is 321 cm³/mol. The van der Waals surface area contributed by atoms with Gasteiger partial charge in [-0.05, 0) is 51.4 Å². The van der Waals surface area contributed by atoms with Gasteiger partial charge in [-0.3, -0.25) is 18.6 Å². The molecule has 0 aromatic rings. The first kappa shape index (κ1) is 73.0. The average Bonchev–Trinajstić information content (AvgIpc) is 3.40. The smallest absolute Gasteiger partial charge is 0.462 e. The van der Waals surface area contributed by atoms with Crippen molar-refractivity contribution in [1.82, 2.24) is 0 Å². The minimum absolute atomic E-state index is 0.0562. The number of ether oxygens (including phenoxy) is 2. The molecule has 0 bridgehead atoms. The molecule has 0 rings (SSSR count). The summed E-state index contributed by atoms with van der Waals surface area (Å²) >= 11 is 0. The van der Waals surface area contributed by atoms with E-state index in [1.807, 2.05) is 0 Å². The molecule has 0 spiro atoms. The monoisotopic (exact) mass is 1080 g/mol. The second-order valence-corrected chi connectivity index (χ2v) is 23.1. The molecule has 2 atom stereocenters. The molecule has 2 unspecified atom stereocenters. The van der Waals surface area contributed by atoms with Gasteiger partial charge in [0.25, 0.3) is 0 Å². The van der Waals surface area contributed by atoms with Crippen molar-refractivity contribution in [1.29, 1.82) is 0 Å². The molecule has 0 saturated heterocycles. The Bertz CT molecular complexity index is 1370. The maximum atomic E-state index is 12.7. The second kappa shape index (κ2) is 61.2. The summed E-state index contributed by atoms with van der Waals surface area (Å²) in [6.07, 6.45) is 76.3. The lowest BCUT2D eigenvalue weighted by Crippen LogP contribution is -2.29. The van der Waals surface area contributed by atoms with Gasteiger partial charge in [0.15, 0.2) is 6.10 Å². The SMILES string of the molecule is CC/C=C\C/C=C\C/C=C\C/C=C\CCCCCCCCCCCCCCCCCCCCCCCCCCC(=O)OC(COC(=O)CCCCCCCCCCCCCCCCCCC)COP(=O)(O)OCCN. The number of hydrogen-bond acceptors (Lipinski definition) is 8. The number of unbranched alkanes of at least 4 members (excludes halogenated alkanes) is 40. The summed E-state index contributed by atoms with van der Waals surface area (Å²) in [4.78, 5) is 35.2. The fourth-order valence-corrected chi connectivity index (χ4v) is 10.3. The largest absolute Gasteiger partial charge is 0.472 e. The molecule has 0 amide bonds. The summed E-state index contributed by atoms with van der Waals surface area (Å²) in [7, 11) is -4.38. The number of phosphoric ester groups is 1. The lowest BCUT2D eigenvalue weighted by Gasteiger charge is -2.19. The van der Waals surface area contributed by atoms with Crippen LogP contribution in [0, 0.1) is 0 Å². The highest BCUT2D eigenvalue weighted by molar-refractivity contribution is 7.47. The Morgan fingerprint density at radius 3 is 1.09 bits per heavy atom. The van der Waals surface area contributed by atoms with Crippen LogP contribution in [0.2, 0.25) is 0 Å². The van der Waals surface area contributed by atoms with Gasteiger partial charge < -0.3 is 20.1 Å². The summed E-state index contributed by atoms with van der Waals surface area (Å²) in [6, 6.07) is 0.